The van der Waals surface area contributed by atoms with Crippen molar-refractivity contribution in [2.45, 2.75) is 19.4 Å². The molecule has 4 rings (SSSR count). The van der Waals surface area contributed by atoms with Crippen LogP contribution in [-0.4, -0.2) is 38.2 Å². The highest BCUT2D eigenvalue weighted by molar-refractivity contribution is 5.93. The second-order valence-electron chi connectivity index (χ2n) is 7.63. The van der Waals surface area contributed by atoms with Crippen LogP contribution in [0.1, 0.15) is 18.4 Å². The van der Waals surface area contributed by atoms with Gasteiger partial charge in [-0.1, -0.05) is 18.2 Å². The van der Waals surface area contributed by atoms with Crippen molar-refractivity contribution < 1.29 is 28.4 Å². The molecular formula is C22H25FN3O4+. The minimum Gasteiger partial charge on any atom is -0.454 e. The number of hydrogen-bond acceptors (Lipinski definition) is 4. The molecule has 8 heteroatoms. The van der Waals surface area contributed by atoms with Gasteiger partial charge in [-0.05, 0) is 18.2 Å². The highest BCUT2D eigenvalue weighted by atomic mass is 19.1. The van der Waals surface area contributed by atoms with Gasteiger partial charge in [0.1, 0.15) is 5.82 Å². The second-order valence-corrected chi connectivity index (χ2v) is 7.63. The average Bonchev–Trinajstić information content (AvgIpc) is 3.21. The van der Waals surface area contributed by atoms with Crippen LogP contribution in [0.3, 0.4) is 0 Å². The number of ether oxygens (including phenoxy) is 2. The molecule has 2 aliphatic heterocycles. The van der Waals surface area contributed by atoms with Crippen LogP contribution in [0.4, 0.5) is 10.1 Å². The number of anilines is 1. The first-order valence-electron chi connectivity index (χ1n) is 10.1. The van der Waals surface area contributed by atoms with Crippen LogP contribution < -0.4 is 25.0 Å². The van der Waals surface area contributed by atoms with E-state index >= 15 is 0 Å². The number of hydrogen-bond donors (Lipinski definition) is 3. The fourth-order valence-corrected chi connectivity index (χ4v) is 3.81. The number of carbonyl (C=O) groups is 2. The van der Waals surface area contributed by atoms with E-state index in [0.29, 0.717) is 42.1 Å². The molecule has 3 N–H and O–H groups in total. The van der Waals surface area contributed by atoms with Crippen LogP contribution >= 0.6 is 0 Å². The van der Waals surface area contributed by atoms with Crippen LogP contribution in [0.5, 0.6) is 11.5 Å². The number of amides is 2. The second kappa shape index (κ2) is 9.13. The van der Waals surface area contributed by atoms with Crippen LogP contribution in [0.25, 0.3) is 0 Å². The largest absolute Gasteiger partial charge is 0.454 e. The van der Waals surface area contributed by atoms with Crippen molar-refractivity contribution in [1.29, 1.82) is 0 Å². The van der Waals surface area contributed by atoms with E-state index in [1.54, 1.807) is 36.4 Å². The Labute approximate surface area is 174 Å². The van der Waals surface area contributed by atoms with E-state index in [-0.39, 0.29) is 36.9 Å². The Hall–Kier alpha value is -3.13. The molecule has 0 unspecified atom stereocenters. The van der Waals surface area contributed by atoms with Gasteiger partial charge in [0.05, 0.1) is 13.1 Å². The summed E-state index contributed by atoms with van der Waals surface area (Å²) in [4.78, 5) is 25.9. The number of rotatable bonds is 6. The summed E-state index contributed by atoms with van der Waals surface area (Å²) < 4.78 is 24.2. The number of nitrogens with one attached hydrogen (secondary N) is 3. The first kappa shape index (κ1) is 20.2. The molecule has 2 aromatic carbocycles. The Kier molecular flexibility index (Phi) is 6.13. The summed E-state index contributed by atoms with van der Waals surface area (Å²) in [6.07, 6.45) is 1.43. The van der Waals surface area contributed by atoms with E-state index in [4.69, 9.17) is 9.47 Å². The van der Waals surface area contributed by atoms with E-state index in [2.05, 4.69) is 10.6 Å². The fourth-order valence-electron chi connectivity index (χ4n) is 3.81. The molecule has 0 aliphatic carbocycles. The first-order chi connectivity index (χ1) is 14.6. The maximum Gasteiger partial charge on any atom is 0.275 e. The summed E-state index contributed by atoms with van der Waals surface area (Å²) in [6.45, 7) is 2.19. The van der Waals surface area contributed by atoms with Gasteiger partial charge in [0.25, 0.3) is 5.91 Å². The van der Waals surface area contributed by atoms with Crippen LogP contribution in [0, 0.1) is 11.7 Å². The Bertz CT molecular complexity index is 928. The van der Waals surface area contributed by atoms with E-state index in [0.717, 1.165) is 18.0 Å². The predicted molar refractivity (Wildman–Crippen MR) is 108 cm³/mol. The Morgan fingerprint density at radius 1 is 1.07 bits per heavy atom. The van der Waals surface area contributed by atoms with Gasteiger partial charge in [0.2, 0.25) is 12.7 Å². The summed E-state index contributed by atoms with van der Waals surface area (Å²) in [5, 5.41) is 5.72. The quantitative estimate of drug-likeness (QED) is 0.662. The number of fused-ring (bicyclic) bond motifs is 1. The molecule has 1 fully saturated rings. The summed E-state index contributed by atoms with van der Waals surface area (Å²) in [5.74, 6) is 0.778. The topological polar surface area (TPSA) is 81.1 Å². The lowest BCUT2D eigenvalue weighted by atomic mass is 9.95. The molecule has 0 bridgehead atoms. The van der Waals surface area contributed by atoms with Crippen LogP contribution in [-0.2, 0) is 16.1 Å². The number of benzene rings is 2. The highest BCUT2D eigenvalue weighted by Gasteiger charge is 2.29. The average molecular weight is 414 g/mol. The zero-order valence-electron chi connectivity index (χ0n) is 16.6. The van der Waals surface area contributed by atoms with Gasteiger partial charge in [-0.15, -0.1) is 0 Å². The van der Waals surface area contributed by atoms with Crippen molar-refractivity contribution in [2.24, 2.45) is 5.92 Å². The normalized spacial score (nSPS) is 19.9. The minimum atomic E-state index is -0.320. The number of quaternary nitrogens is 1. The smallest absolute Gasteiger partial charge is 0.275 e. The SMILES string of the molecule is O=C(C[NH+]1CCC(C(=O)Nc2ccc3c(c2)OCO3)CC1)NCc1ccccc1F. The van der Waals surface area contributed by atoms with Gasteiger partial charge < -0.3 is 25.0 Å². The fraction of sp³-hybridized carbons (Fsp3) is 0.364. The Morgan fingerprint density at radius 3 is 2.63 bits per heavy atom. The lowest BCUT2D eigenvalue weighted by Crippen LogP contribution is -3.14. The molecule has 30 heavy (non-hydrogen) atoms. The number of carbonyl (C=O) groups excluding carboxylic acids is 2. The van der Waals surface area contributed by atoms with Crippen molar-refractivity contribution in [3.05, 3.63) is 53.8 Å². The third-order valence-corrected chi connectivity index (χ3v) is 5.55. The third-order valence-electron chi connectivity index (χ3n) is 5.55. The Morgan fingerprint density at radius 2 is 1.83 bits per heavy atom. The standard InChI is InChI=1S/C22H24FN3O4/c23-18-4-2-1-3-16(18)12-24-21(27)13-26-9-7-15(8-10-26)22(28)25-17-5-6-19-20(11-17)30-14-29-19/h1-6,11,15H,7-10,12-14H2,(H,24,27)(H,25,28)/p+1. The van der Waals surface area contributed by atoms with Crippen LogP contribution in [0.15, 0.2) is 42.5 Å². The van der Waals surface area contributed by atoms with Gasteiger partial charge in [-0.2, -0.15) is 0 Å². The van der Waals surface area contributed by atoms with E-state index in [1.165, 1.54) is 6.07 Å². The molecule has 0 atom stereocenters. The van der Waals surface area contributed by atoms with Gasteiger partial charge in [-0.3, -0.25) is 9.59 Å². The number of likely N-dealkylation sites (tertiary alicyclic amines) is 1. The summed E-state index contributed by atoms with van der Waals surface area (Å²) in [7, 11) is 0. The van der Waals surface area contributed by atoms with Gasteiger partial charge in [0.15, 0.2) is 18.0 Å². The summed E-state index contributed by atoms with van der Waals surface area (Å²) >= 11 is 0. The molecule has 7 nitrogen and oxygen atoms in total. The molecule has 2 amide bonds. The molecule has 2 heterocycles. The molecule has 158 valence electrons. The summed E-state index contributed by atoms with van der Waals surface area (Å²) in [6, 6.07) is 11.8. The zero-order chi connectivity index (χ0) is 20.9. The molecule has 0 aromatic heterocycles. The Balaban J connectivity index is 1.20. The minimum absolute atomic E-state index is 0.0167. The molecular weight excluding hydrogens is 389 g/mol. The number of halogens is 1. The van der Waals surface area contributed by atoms with Crippen molar-refractivity contribution in [3.63, 3.8) is 0 Å². The number of piperidine rings is 1. The molecule has 0 spiro atoms. The maximum absolute atomic E-state index is 13.6. The summed E-state index contributed by atoms with van der Waals surface area (Å²) in [5.41, 5.74) is 1.16. The monoisotopic (exact) mass is 414 g/mol. The molecule has 0 saturated carbocycles. The van der Waals surface area contributed by atoms with Crippen molar-refractivity contribution in [1.82, 2.24) is 5.32 Å². The van der Waals surface area contributed by atoms with E-state index in [1.807, 2.05) is 0 Å². The lowest BCUT2D eigenvalue weighted by molar-refractivity contribution is -0.897. The predicted octanol–water partition coefficient (Wildman–Crippen LogP) is 1.10. The van der Waals surface area contributed by atoms with Crippen molar-refractivity contribution in [3.8, 4) is 11.5 Å². The van der Waals surface area contributed by atoms with Crippen molar-refractivity contribution in [2.75, 3.05) is 31.7 Å². The van der Waals surface area contributed by atoms with Gasteiger partial charge in [0, 0.05) is 42.6 Å². The van der Waals surface area contributed by atoms with Gasteiger partial charge in [-0.25, -0.2) is 4.39 Å². The highest BCUT2D eigenvalue weighted by Crippen LogP contribution is 2.34. The van der Waals surface area contributed by atoms with E-state index < -0.39 is 0 Å². The molecule has 0 radical (unpaired) electrons. The van der Waals surface area contributed by atoms with Crippen LogP contribution in [0.2, 0.25) is 0 Å². The molecule has 2 aliphatic rings. The first-order valence-corrected chi connectivity index (χ1v) is 10.1. The van der Waals surface area contributed by atoms with Gasteiger partial charge >= 0.3 is 0 Å². The lowest BCUT2D eigenvalue weighted by Gasteiger charge is -2.28. The third kappa shape index (κ3) is 4.88. The van der Waals surface area contributed by atoms with E-state index in [9.17, 15) is 14.0 Å². The maximum atomic E-state index is 13.6. The zero-order valence-corrected chi connectivity index (χ0v) is 16.6. The van der Waals surface area contributed by atoms with Crippen molar-refractivity contribution >= 4 is 17.5 Å². The molecule has 2 aromatic rings. The molecule has 1 saturated heterocycles.